The molecule has 0 unspecified atom stereocenters. The van der Waals surface area contributed by atoms with Gasteiger partial charge < -0.3 is 18.4 Å². The van der Waals surface area contributed by atoms with Gasteiger partial charge in [0.05, 0.1) is 18.1 Å². The van der Waals surface area contributed by atoms with Gasteiger partial charge in [-0.25, -0.2) is 0 Å². The second-order valence-corrected chi connectivity index (χ2v) is 5.76. The lowest BCUT2D eigenvalue weighted by molar-refractivity contribution is -0.114. The van der Waals surface area contributed by atoms with E-state index in [2.05, 4.69) is 0 Å². The number of furan rings is 3. The molecule has 0 saturated heterocycles. The number of carbonyl (C=O) groups excluding carboxylic acids is 1. The Bertz CT molecular complexity index is 831. The molecule has 3 aromatic heterocycles. The Hall–Kier alpha value is -2.95. The van der Waals surface area contributed by atoms with Crippen LogP contribution in [0.5, 0.6) is 0 Å². The summed E-state index contributed by atoms with van der Waals surface area (Å²) < 4.78 is 17.0. The van der Waals surface area contributed by atoms with Gasteiger partial charge >= 0.3 is 0 Å². The summed E-state index contributed by atoms with van der Waals surface area (Å²) in [6.07, 6.45) is 4.78. The maximum Gasteiger partial charge on any atom is 0.170 e. The molecule has 0 aromatic carbocycles. The summed E-state index contributed by atoms with van der Waals surface area (Å²) in [5.41, 5.74) is 0.283. The Morgan fingerprint density at radius 2 is 1.62 bits per heavy atom. The predicted molar refractivity (Wildman–Crippen MR) is 85.5 cm³/mol. The number of hydrogen-bond donors (Lipinski definition) is 1. The summed E-state index contributed by atoms with van der Waals surface area (Å²) >= 11 is 0. The first-order chi connectivity index (χ1) is 11.7. The molecule has 0 aliphatic heterocycles. The third-order valence-electron chi connectivity index (χ3n) is 4.20. The number of rotatable bonds is 4. The van der Waals surface area contributed by atoms with Crippen molar-refractivity contribution in [1.29, 1.82) is 0 Å². The van der Waals surface area contributed by atoms with E-state index >= 15 is 0 Å². The lowest BCUT2D eigenvalue weighted by Gasteiger charge is -2.13. The molecule has 0 fully saturated rings. The van der Waals surface area contributed by atoms with Crippen LogP contribution in [0.4, 0.5) is 0 Å². The van der Waals surface area contributed by atoms with Gasteiger partial charge in [-0.2, -0.15) is 0 Å². The zero-order chi connectivity index (χ0) is 16.5. The molecular formula is C19H16O5. The number of carbonyl (C=O) groups is 1. The number of allylic oxidation sites excluding steroid dienone is 2. The lowest BCUT2D eigenvalue weighted by atomic mass is 9.95. The fourth-order valence-corrected chi connectivity index (χ4v) is 3.08. The van der Waals surface area contributed by atoms with E-state index in [0.717, 1.165) is 0 Å². The van der Waals surface area contributed by atoms with E-state index in [-0.39, 0.29) is 23.0 Å². The van der Waals surface area contributed by atoms with Crippen molar-refractivity contribution in [2.24, 2.45) is 0 Å². The van der Waals surface area contributed by atoms with Crippen molar-refractivity contribution < 1.29 is 23.2 Å². The van der Waals surface area contributed by atoms with E-state index in [1.54, 1.807) is 36.8 Å². The van der Waals surface area contributed by atoms with Crippen LogP contribution in [0.15, 0.2) is 67.9 Å². The van der Waals surface area contributed by atoms with Crippen LogP contribution in [0, 0.1) is 0 Å². The molecule has 3 aromatic rings. The molecule has 5 heteroatoms. The molecule has 1 N–H and O–H groups in total. The second-order valence-electron chi connectivity index (χ2n) is 5.76. The average Bonchev–Trinajstić information content (AvgIpc) is 3.30. The topological polar surface area (TPSA) is 76.7 Å². The highest BCUT2D eigenvalue weighted by Gasteiger charge is 2.29. The first-order valence-corrected chi connectivity index (χ1v) is 7.86. The molecule has 24 heavy (non-hydrogen) atoms. The van der Waals surface area contributed by atoms with Crippen LogP contribution in [-0.2, 0) is 4.79 Å². The minimum Gasteiger partial charge on any atom is -0.511 e. The Labute approximate surface area is 138 Å². The van der Waals surface area contributed by atoms with Crippen LogP contribution in [0.25, 0.3) is 5.57 Å². The molecule has 0 atom stereocenters. The van der Waals surface area contributed by atoms with Crippen LogP contribution in [-0.4, -0.2) is 10.9 Å². The van der Waals surface area contributed by atoms with Crippen LogP contribution >= 0.6 is 0 Å². The molecule has 0 saturated carbocycles. The molecule has 0 radical (unpaired) electrons. The molecule has 122 valence electrons. The van der Waals surface area contributed by atoms with Crippen molar-refractivity contribution >= 4 is 11.4 Å². The zero-order valence-electron chi connectivity index (χ0n) is 12.9. The second kappa shape index (κ2) is 5.92. The molecule has 5 nitrogen and oxygen atoms in total. The van der Waals surface area contributed by atoms with Crippen molar-refractivity contribution in [2.45, 2.75) is 25.2 Å². The Morgan fingerprint density at radius 1 is 0.917 bits per heavy atom. The van der Waals surface area contributed by atoms with Crippen LogP contribution < -0.4 is 0 Å². The molecule has 0 spiro atoms. The highest BCUT2D eigenvalue weighted by atomic mass is 16.4. The number of ketones is 1. The van der Waals surface area contributed by atoms with Gasteiger partial charge in [-0.3, -0.25) is 4.79 Å². The summed E-state index contributed by atoms with van der Waals surface area (Å²) in [6, 6.07) is 10.8. The fourth-order valence-electron chi connectivity index (χ4n) is 3.08. The van der Waals surface area contributed by atoms with Gasteiger partial charge in [-0.05, 0) is 42.8 Å². The van der Waals surface area contributed by atoms with Gasteiger partial charge in [0, 0.05) is 12.8 Å². The summed E-state index contributed by atoms with van der Waals surface area (Å²) in [5.74, 6) is 2.00. The summed E-state index contributed by atoms with van der Waals surface area (Å²) in [4.78, 5) is 12.1. The van der Waals surface area contributed by atoms with Gasteiger partial charge in [0.25, 0.3) is 0 Å². The largest absolute Gasteiger partial charge is 0.511 e. The van der Waals surface area contributed by atoms with Crippen LogP contribution in [0.3, 0.4) is 0 Å². The first-order valence-electron chi connectivity index (χ1n) is 7.86. The number of aliphatic hydroxyl groups excluding tert-OH is 1. The smallest absolute Gasteiger partial charge is 0.170 e. The van der Waals surface area contributed by atoms with Gasteiger partial charge in [0.2, 0.25) is 0 Å². The quantitative estimate of drug-likeness (QED) is 0.754. The highest BCUT2D eigenvalue weighted by molar-refractivity contribution is 6.21. The summed E-state index contributed by atoms with van der Waals surface area (Å²) in [5, 5.41) is 10.1. The van der Waals surface area contributed by atoms with Crippen LogP contribution in [0.2, 0.25) is 0 Å². The number of Topliss-reactive ketones (excluding diaryl/α,β-unsaturated/α-hetero) is 1. The summed E-state index contributed by atoms with van der Waals surface area (Å²) in [7, 11) is 0. The Morgan fingerprint density at radius 3 is 2.21 bits per heavy atom. The molecule has 1 aliphatic rings. The molecule has 0 bridgehead atoms. The van der Waals surface area contributed by atoms with Gasteiger partial charge in [0.15, 0.2) is 5.78 Å². The minimum absolute atomic E-state index is 0.0906. The van der Waals surface area contributed by atoms with Crippen molar-refractivity contribution in [3.8, 4) is 0 Å². The summed E-state index contributed by atoms with van der Waals surface area (Å²) in [6.45, 7) is 0. The third kappa shape index (κ3) is 2.48. The van der Waals surface area contributed by atoms with E-state index in [4.69, 9.17) is 13.3 Å². The third-order valence-corrected chi connectivity index (χ3v) is 4.20. The van der Waals surface area contributed by atoms with Gasteiger partial charge in [-0.1, -0.05) is 0 Å². The minimum atomic E-state index is -0.342. The standard InChI is InChI=1S/C19H16O5/c20-12-4-1-5-13(21)18(12)16-8-9-17(24-16)19(14-6-2-10-22-14)15-7-3-11-23-15/h2-3,6-11,19-20H,1,4-5H2. The van der Waals surface area contributed by atoms with E-state index < -0.39 is 0 Å². The highest BCUT2D eigenvalue weighted by Crippen LogP contribution is 2.36. The first kappa shape index (κ1) is 14.6. The SMILES string of the molecule is O=C1CCCC(O)=C1c1ccc(C(c2ccco2)c2ccco2)o1. The molecule has 0 amide bonds. The average molecular weight is 324 g/mol. The van der Waals surface area contributed by atoms with E-state index in [9.17, 15) is 9.90 Å². The number of aliphatic hydroxyl groups is 1. The number of hydrogen-bond acceptors (Lipinski definition) is 5. The monoisotopic (exact) mass is 324 g/mol. The molecule has 3 heterocycles. The molecular weight excluding hydrogens is 308 g/mol. The molecule has 4 rings (SSSR count). The van der Waals surface area contributed by atoms with Crippen molar-refractivity contribution in [1.82, 2.24) is 0 Å². The Kier molecular flexibility index (Phi) is 3.61. The zero-order valence-corrected chi connectivity index (χ0v) is 12.9. The van der Waals surface area contributed by atoms with E-state index in [0.29, 0.717) is 42.3 Å². The van der Waals surface area contributed by atoms with Gasteiger partial charge in [0.1, 0.15) is 34.7 Å². The van der Waals surface area contributed by atoms with Crippen molar-refractivity contribution in [2.75, 3.05) is 0 Å². The van der Waals surface area contributed by atoms with Crippen LogP contribution in [0.1, 0.15) is 48.2 Å². The predicted octanol–water partition coefficient (Wildman–Crippen LogP) is 4.67. The molecule has 1 aliphatic carbocycles. The van der Waals surface area contributed by atoms with Crippen molar-refractivity contribution in [3.63, 3.8) is 0 Å². The van der Waals surface area contributed by atoms with Crippen molar-refractivity contribution in [3.05, 3.63) is 77.7 Å². The lowest BCUT2D eigenvalue weighted by Crippen LogP contribution is -2.10. The van der Waals surface area contributed by atoms with E-state index in [1.165, 1.54) is 0 Å². The maximum atomic E-state index is 12.1. The maximum absolute atomic E-state index is 12.1. The normalized spacial score (nSPS) is 15.5. The van der Waals surface area contributed by atoms with Gasteiger partial charge in [-0.15, -0.1) is 0 Å². The van der Waals surface area contributed by atoms with E-state index in [1.807, 2.05) is 12.1 Å². The Balaban J connectivity index is 1.76. The fraction of sp³-hybridized carbons (Fsp3) is 0.211.